The molecule has 1 N–H and O–H groups in total. The highest BCUT2D eigenvalue weighted by molar-refractivity contribution is 5.16. The van der Waals surface area contributed by atoms with Gasteiger partial charge in [0, 0.05) is 37.1 Å². The van der Waals surface area contributed by atoms with Crippen LogP contribution in [-0.2, 0) is 13.0 Å². The van der Waals surface area contributed by atoms with Crippen LogP contribution in [-0.4, -0.2) is 26.9 Å². The van der Waals surface area contributed by atoms with Crippen molar-refractivity contribution in [1.29, 1.82) is 0 Å². The number of pyridine rings is 1. The fraction of sp³-hybridized carbons (Fsp3) is 0.500. The van der Waals surface area contributed by atoms with E-state index in [1.54, 1.807) is 0 Å². The Hall–Kier alpha value is -1.68. The molecule has 0 amide bonds. The number of nitrogens with zero attached hydrogens (tertiary/aromatic N) is 3. The lowest BCUT2D eigenvalue weighted by Gasteiger charge is -2.26. The molecule has 108 valence electrons. The average Bonchev–Trinajstić information content (AvgIpc) is 2.81. The van der Waals surface area contributed by atoms with Crippen LogP contribution in [0.2, 0.25) is 0 Å². The number of aryl methyl sites for hydroxylation is 2. The molecule has 0 saturated carbocycles. The summed E-state index contributed by atoms with van der Waals surface area (Å²) in [5.74, 6) is 1.07. The zero-order valence-corrected chi connectivity index (χ0v) is 12.8. The number of hydrogen-bond acceptors (Lipinski definition) is 3. The van der Waals surface area contributed by atoms with Gasteiger partial charge in [-0.3, -0.25) is 9.88 Å². The maximum Gasteiger partial charge on any atom is 0.106 e. The lowest BCUT2D eigenvalue weighted by Crippen LogP contribution is -2.24. The Balaban J connectivity index is 2.13. The molecule has 0 saturated heterocycles. The molecule has 4 nitrogen and oxygen atoms in total. The van der Waals surface area contributed by atoms with Gasteiger partial charge in [0.05, 0.1) is 5.69 Å². The number of H-pyrrole nitrogens is 1. The first-order chi connectivity index (χ1) is 9.65. The van der Waals surface area contributed by atoms with Crippen LogP contribution in [0.25, 0.3) is 0 Å². The molecule has 20 heavy (non-hydrogen) atoms. The van der Waals surface area contributed by atoms with Crippen molar-refractivity contribution in [2.45, 2.75) is 46.2 Å². The molecule has 0 aliphatic heterocycles. The Morgan fingerprint density at radius 1 is 1.35 bits per heavy atom. The van der Waals surface area contributed by atoms with Crippen LogP contribution in [0.1, 0.15) is 49.1 Å². The van der Waals surface area contributed by atoms with Crippen molar-refractivity contribution in [2.24, 2.45) is 0 Å². The zero-order chi connectivity index (χ0) is 14.5. The third kappa shape index (κ3) is 3.25. The van der Waals surface area contributed by atoms with Crippen LogP contribution in [0, 0.1) is 6.92 Å². The van der Waals surface area contributed by atoms with E-state index >= 15 is 0 Å². The minimum atomic E-state index is 0.380. The van der Waals surface area contributed by atoms with Crippen molar-refractivity contribution in [3.05, 3.63) is 47.3 Å². The molecule has 0 fully saturated rings. The van der Waals surface area contributed by atoms with Gasteiger partial charge < -0.3 is 4.98 Å². The second kappa shape index (κ2) is 6.66. The smallest absolute Gasteiger partial charge is 0.106 e. The quantitative estimate of drug-likeness (QED) is 0.878. The van der Waals surface area contributed by atoms with E-state index in [1.165, 1.54) is 11.3 Å². The first kappa shape index (κ1) is 14.7. The molecule has 1 unspecified atom stereocenters. The van der Waals surface area contributed by atoms with Crippen LogP contribution >= 0.6 is 0 Å². The van der Waals surface area contributed by atoms with Crippen molar-refractivity contribution >= 4 is 0 Å². The number of imidazole rings is 1. The van der Waals surface area contributed by atoms with Crippen LogP contribution < -0.4 is 0 Å². The Labute approximate surface area is 121 Å². The van der Waals surface area contributed by atoms with E-state index in [2.05, 4.69) is 53.7 Å². The van der Waals surface area contributed by atoms with Crippen molar-refractivity contribution in [3.8, 4) is 0 Å². The Morgan fingerprint density at radius 2 is 2.15 bits per heavy atom. The molecule has 2 aromatic heterocycles. The fourth-order valence-electron chi connectivity index (χ4n) is 2.61. The summed E-state index contributed by atoms with van der Waals surface area (Å²) in [7, 11) is 2.15. The Morgan fingerprint density at radius 3 is 2.70 bits per heavy atom. The van der Waals surface area contributed by atoms with E-state index in [0.29, 0.717) is 6.04 Å². The molecule has 0 aromatic carbocycles. The number of aromatic nitrogens is 3. The summed E-state index contributed by atoms with van der Waals surface area (Å²) in [6.07, 6.45) is 5.79. The molecule has 0 spiro atoms. The van der Waals surface area contributed by atoms with Gasteiger partial charge in [0.25, 0.3) is 0 Å². The Kier molecular flexibility index (Phi) is 4.90. The molecule has 1 atom stereocenters. The van der Waals surface area contributed by atoms with E-state index in [1.807, 2.05) is 18.5 Å². The highest BCUT2D eigenvalue weighted by atomic mass is 15.1. The highest BCUT2D eigenvalue weighted by Crippen LogP contribution is 2.24. The van der Waals surface area contributed by atoms with Gasteiger partial charge in [-0.1, -0.05) is 19.9 Å². The average molecular weight is 272 g/mol. The lowest BCUT2D eigenvalue weighted by atomic mass is 10.1. The van der Waals surface area contributed by atoms with Gasteiger partial charge in [0.15, 0.2) is 0 Å². The lowest BCUT2D eigenvalue weighted by molar-refractivity contribution is 0.227. The van der Waals surface area contributed by atoms with Crippen LogP contribution in [0.4, 0.5) is 0 Å². The maximum absolute atomic E-state index is 4.67. The molecule has 0 bridgehead atoms. The molecule has 0 aliphatic rings. The summed E-state index contributed by atoms with van der Waals surface area (Å²) in [6, 6.07) is 4.53. The van der Waals surface area contributed by atoms with Crippen LogP contribution in [0.5, 0.6) is 0 Å². The third-order valence-electron chi connectivity index (χ3n) is 3.76. The van der Waals surface area contributed by atoms with Gasteiger partial charge >= 0.3 is 0 Å². The fourth-order valence-corrected chi connectivity index (χ4v) is 2.61. The number of hydrogen-bond donors (Lipinski definition) is 1. The second-order valence-electron chi connectivity index (χ2n) is 5.23. The summed E-state index contributed by atoms with van der Waals surface area (Å²) in [5, 5.41) is 0. The van der Waals surface area contributed by atoms with E-state index in [9.17, 15) is 0 Å². The minimum absolute atomic E-state index is 0.380. The molecule has 2 aromatic rings. The maximum atomic E-state index is 4.67. The summed E-state index contributed by atoms with van der Waals surface area (Å²) >= 11 is 0. The first-order valence-corrected chi connectivity index (χ1v) is 7.30. The standard InChI is InChI=1S/C16H24N4/c1-5-15(13-8-7-9-17-10-13)20(4)11-14-12(3)18-16(6-2)19-14/h7-10,15H,5-6,11H2,1-4H3,(H,18,19). The molecular weight excluding hydrogens is 248 g/mol. The van der Waals surface area contributed by atoms with Gasteiger partial charge in [-0.2, -0.15) is 0 Å². The van der Waals surface area contributed by atoms with Crippen LogP contribution in [0.15, 0.2) is 24.5 Å². The van der Waals surface area contributed by atoms with E-state index < -0.39 is 0 Å². The first-order valence-electron chi connectivity index (χ1n) is 7.30. The molecule has 2 rings (SSSR count). The minimum Gasteiger partial charge on any atom is -0.346 e. The Bertz CT molecular complexity index is 533. The van der Waals surface area contributed by atoms with Crippen molar-refractivity contribution in [1.82, 2.24) is 19.9 Å². The normalized spacial score (nSPS) is 12.8. The van der Waals surface area contributed by atoms with E-state index in [0.717, 1.165) is 30.9 Å². The molecule has 4 heteroatoms. The molecule has 0 radical (unpaired) electrons. The van der Waals surface area contributed by atoms with Gasteiger partial charge in [-0.25, -0.2) is 4.98 Å². The SMILES string of the molecule is CCc1nc(CN(C)C(CC)c2cccnc2)c(C)[nH]1. The summed E-state index contributed by atoms with van der Waals surface area (Å²) in [4.78, 5) is 14.6. The largest absolute Gasteiger partial charge is 0.346 e. The third-order valence-corrected chi connectivity index (χ3v) is 3.76. The number of nitrogens with one attached hydrogen (secondary N) is 1. The zero-order valence-electron chi connectivity index (χ0n) is 12.8. The predicted molar refractivity (Wildman–Crippen MR) is 81.4 cm³/mol. The van der Waals surface area contributed by atoms with Crippen LogP contribution in [0.3, 0.4) is 0 Å². The monoisotopic (exact) mass is 272 g/mol. The summed E-state index contributed by atoms with van der Waals surface area (Å²) < 4.78 is 0. The molecule has 0 aliphatic carbocycles. The predicted octanol–water partition coefficient (Wildman–Crippen LogP) is 3.26. The van der Waals surface area contributed by atoms with E-state index in [4.69, 9.17) is 0 Å². The summed E-state index contributed by atoms with van der Waals surface area (Å²) in [5.41, 5.74) is 3.59. The van der Waals surface area contributed by atoms with Gasteiger partial charge in [-0.05, 0) is 32.0 Å². The van der Waals surface area contributed by atoms with Gasteiger partial charge in [0.2, 0.25) is 0 Å². The van der Waals surface area contributed by atoms with Crippen molar-refractivity contribution in [2.75, 3.05) is 7.05 Å². The van der Waals surface area contributed by atoms with Gasteiger partial charge in [0.1, 0.15) is 5.82 Å². The molecular formula is C16H24N4. The highest BCUT2D eigenvalue weighted by Gasteiger charge is 2.17. The topological polar surface area (TPSA) is 44.8 Å². The summed E-state index contributed by atoms with van der Waals surface area (Å²) in [6.45, 7) is 7.29. The second-order valence-corrected chi connectivity index (χ2v) is 5.23. The van der Waals surface area contributed by atoms with Gasteiger partial charge in [-0.15, -0.1) is 0 Å². The van der Waals surface area contributed by atoms with Crippen molar-refractivity contribution < 1.29 is 0 Å². The van der Waals surface area contributed by atoms with Crippen molar-refractivity contribution in [3.63, 3.8) is 0 Å². The number of aromatic amines is 1. The molecule has 2 heterocycles. The number of rotatable bonds is 6. The van der Waals surface area contributed by atoms with E-state index in [-0.39, 0.29) is 0 Å².